The predicted molar refractivity (Wildman–Crippen MR) is 122 cm³/mol. The maximum atomic E-state index is 13.9. The van der Waals surface area contributed by atoms with E-state index in [1.165, 1.54) is 6.07 Å². The molecule has 5 nitrogen and oxygen atoms in total. The Morgan fingerprint density at radius 2 is 1.77 bits per heavy atom. The number of rotatable bonds is 10. The van der Waals surface area contributed by atoms with Crippen molar-refractivity contribution in [3.8, 4) is 11.5 Å². The van der Waals surface area contributed by atoms with Gasteiger partial charge in [-0.15, -0.1) is 24.8 Å². The van der Waals surface area contributed by atoms with Crippen LogP contribution in [0, 0.1) is 5.82 Å². The summed E-state index contributed by atoms with van der Waals surface area (Å²) < 4.78 is 30.7. The molecule has 1 aliphatic rings. The van der Waals surface area contributed by atoms with E-state index in [0.717, 1.165) is 51.4 Å². The number of hydrogen-bond donors (Lipinski definition) is 1. The summed E-state index contributed by atoms with van der Waals surface area (Å²) in [5, 5.41) is 3.47. The van der Waals surface area contributed by atoms with Gasteiger partial charge in [-0.05, 0) is 31.6 Å². The Bertz CT molecular complexity index is 746. The van der Waals surface area contributed by atoms with Gasteiger partial charge in [0.25, 0.3) is 0 Å². The lowest BCUT2D eigenvalue weighted by atomic mass is 10.1. The first-order valence-corrected chi connectivity index (χ1v) is 9.81. The van der Waals surface area contributed by atoms with Crippen LogP contribution in [-0.4, -0.2) is 51.4 Å². The maximum absolute atomic E-state index is 13.9. The van der Waals surface area contributed by atoms with E-state index in [0.29, 0.717) is 23.6 Å². The molecule has 0 aromatic heterocycles. The lowest BCUT2D eigenvalue weighted by Crippen LogP contribution is -2.37. The maximum Gasteiger partial charge on any atom is 0.166 e. The van der Waals surface area contributed by atoms with Gasteiger partial charge in [-0.2, -0.15) is 0 Å². The van der Waals surface area contributed by atoms with Crippen molar-refractivity contribution in [1.29, 1.82) is 0 Å². The highest BCUT2D eigenvalue weighted by Gasteiger charge is 2.13. The molecule has 0 amide bonds. The van der Waals surface area contributed by atoms with E-state index in [-0.39, 0.29) is 37.2 Å². The zero-order valence-corrected chi connectivity index (χ0v) is 18.9. The average Bonchev–Trinajstić information content (AvgIpc) is 2.74. The fraction of sp³-hybridized carbons (Fsp3) is 0.455. The molecule has 8 heteroatoms. The molecule has 2 aromatic carbocycles. The molecule has 3 rings (SSSR count). The molecule has 0 aliphatic carbocycles. The van der Waals surface area contributed by atoms with Crippen LogP contribution < -0.4 is 14.8 Å². The summed E-state index contributed by atoms with van der Waals surface area (Å²) in [5.74, 6) is 1.05. The van der Waals surface area contributed by atoms with Gasteiger partial charge in [0.15, 0.2) is 11.5 Å². The van der Waals surface area contributed by atoms with Crippen molar-refractivity contribution in [3.63, 3.8) is 0 Å². The lowest BCUT2D eigenvalue weighted by Gasteiger charge is -2.26. The zero-order valence-electron chi connectivity index (χ0n) is 17.3. The number of para-hydroxylation sites is 1. The van der Waals surface area contributed by atoms with Crippen LogP contribution in [0.3, 0.4) is 0 Å². The van der Waals surface area contributed by atoms with Crippen molar-refractivity contribution in [1.82, 2.24) is 10.2 Å². The first kappa shape index (κ1) is 26.5. The second-order valence-corrected chi connectivity index (χ2v) is 6.81. The smallest absolute Gasteiger partial charge is 0.166 e. The third kappa shape index (κ3) is 7.93. The molecule has 0 saturated carbocycles. The largest absolute Gasteiger partial charge is 0.493 e. The number of benzene rings is 2. The van der Waals surface area contributed by atoms with Gasteiger partial charge in [-0.1, -0.05) is 30.3 Å². The molecule has 168 valence electrons. The van der Waals surface area contributed by atoms with E-state index in [4.69, 9.17) is 14.2 Å². The number of hydrogen-bond acceptors (Lipinski definition) is 5. The van der Waals surface area contributed by atoms with Crippen LogP contribution >= 0.6 is 24.8 Å². The Morgan fingerprint density at radius 1 is 1.03 bits per heavy atom. The van der Waals surface area contributed by atoms with Crippen LogP contribution in [0.2, 0.25) is 0 Å². The molecule has 0 radical (unpaired) electrons. The Hall–Kier alpha value is -1.57. The van der Waals surface area contributed by atoms with Gasteiger partial charge < -0.3 is 19.5 Å². The molecule has 1 aliphatic heterocycles. The van der Waals surface area contributed by atoms with Crippen molar-refractivity contribution >= 4 is 24.8 Å². The summed E-state index contributed by atoms with van der Waals surface area (Å²) in [7, 11) is 1.62. The summed E-state index contributed by atoms with van der Waals surface area (Å²) in [6.07, 6.45) is 1.08. The Kier molecular flexibility index (Phi) is 12.7. The third-order valence-electron chi connectivity index (χ3n) is 4.86. The molecule has 1 N–H and O–H groups in total. The van der Waals surface area contributed by atoms with Crippen molar-refractivity contribution in [2.45, 2.75) is 19.6 Å². The quantitative estimate of drug-likeness (QED) is 0.541. The Balaban J connectivity index is 0.00000225. The monoisotopic (exact) mass is 460 g/mol. The van der Waals surface area contributed by atoms with E-state index in [1.54, 1.807) is 25.3 Å². The summed E-state index contributed by atoms with van der Waals surface area (Å²) in [6.45, 7) is 6.53. The number of morpholine rings is 1. The van der Waals surface area contributed by atoms with Crippen LogP contribution in [0.5, 0.6) is 11.5 Å². The SMILES string of the molecule is COc1cccc(CNCCCN2CCOCC2)c1OCc1ccccc1F.Cl.Cl. The molecular weight excluding hydrogens is 430 g/mol. The minimum Gasteiger partial charge on any atom is -0.493 e. The molecule has 1 heterocycles. The third-order valence-corrected chi connectivity index (χ3v) is 4.86. The van der Waals surface area contributed by atoms with Crippen LogP contribution in [0.1, 0.15) is 17.5 Å². The summed E-state index contributed by atoms with van der Waals surface area (Å²) in [5.41, 5.74) is 1.53. The number of nitrogens with zero attached hydrogens (tertiary/aromatic N) is 1. The molecule has 30 heavy (non-hydrogen) atoms. The Labute approximate surface area is 190 Å². The van der Waals surface area contributed by atoms with Gasteiger partial charge in [0.05, 0.1) is 20.3 Å². The van der Waals surface area contributed by atoms with Gasteiger partial charge in [0, 0.05) is 30.8 Å². The van der Waals surface area contributed by atoms with E-state index in [1.807, 2.05) is 18.2 Å². The normalized spacial score (nSPS) is 13.8. The fourth-order valence-corrected chi connectivity index (χ4v) is 3.27. The summed E-state index contributed by atoms with van der Waals surface area (Å²) in [6, 6.07) is 12.5. The van der Waals surface area contributed by atoms with Crippen LogP contribution in [0.4, 0.5) is 4.39 Å². The van der Waals surface area contributed by atoms with Crippen LogP contribution in [-0.2, 0) is 17.9 Å². The lowest BCUT2D eigenvalue weighted by molar-refractivity contribution is 0.0374. The molecule has 0 spiro atoms. The second-order valence-electron chi connectivity index (χ2n) is 6.81. The topological polar surface area (TPSA) is 43.0 Å². The minimum absolute atomic E-state index is 0. The number of methoxy groups -OCH3 is 1. The highest BCUT2D eigenvalue weighted by Crippen LogP contribution is 2.32. The molecule has 2 aromatic rings. The van der Waals surface area contributed by atoms with Gasteiger partial charge in [0.2, 0.25) is 0 Å². The van der Waals surface area contributed by atoms with Gasteiger partial charge in [-0.3, -0.25) is 4.90 Å². The molecular formula is C22H31Cl2FN2O3. The minimum atomic E-state index is -0.264. The summed E-state index contributed by atoms with van der Waals surface area (Å²) >= 11 is 0. The second kappa shape index (κ2) is 14.4. The fourth-order valence-electron chi connectivity index (χ4n) is 3.27. The van der Waals surface area contributed by atoms with E-state index >= 15 is 0 Å². The van der Waals surface area contributed by atoms with Crippen molar-refractivity contribution < 1.29 is 18.6 Å². The van der Waals surface area contributed by atoms with E-state index < -0.39 is 0 Å². The van der Waals surface area contributed by atoms with Gasteiger partial charge in [-0.25, -0.2) is 4.39 Å². The van der Waals surface area contributed by atoms with Crippen molar-refractivity contribution in [2.75, 3.05) is 46.5 Å². The first-order chi connectivity index (χ1) is 13.8. The zero-order chi connectivity index (χ0) is 19.6. The number of halogens is 3. The van der Waals surface area contributed by atoms with Gasteiger partial charge in [0.1, 0.15) is 12.4 Å². The van der Waals surface area contributed by atoms with Crippen LogP contribution in [0.25, 0.3) is 0 Å². The Morgan fingerprint density at radius 3 is 2.50 bits per heavy atom. The van der Waals surface area contributed by atoms with E-state index in [2.05, 4.69) is 10.2 Å². The molecule has 0 unspecified atom stereocenters. The van der Waals surface area contributed by atoms with E-state index in [9.17, 15) is 4.39 Å². The van der Waals surface area contributed by atoms with Crippen molar-refractivity contribution in [2.24, 2.45) is 0 Å². The highest BCUT2D eigenvalue weighted by atomic mass is 35.5. The van der Waals surface area contributed by atoms with Crippen molar-refractivity contribution in [3.05, 3.63) is 59.4 Å². The average molecular weight is 461 g/mol. The number of nitrogens with one attached hydrogen (secondary N) is 1. The molecule has 0 atom stereocenters. The van der Waals surface area contributed by atoms with Gasteiger partial charge >= 0.3 is 0 Å². The first-order valence-electron chi connectivity index (χ1n) is 9.81. The molecule has 0 bridgehead atoms. The van der Waals surface area contributed by atoms with Crippen LogP contribution in [0.15, 0.2) is 42.5 Å². The number of ether oxygens (including phenoxy) is 3. The molecule has 1 fully saturated rings. The molecule has 1 saturated heterocycles. The summed E-state index contributed by atoms with van der Waals surface area (Å²) in [4.78, 5) is 2.43. The highest BCUT2D eigenvalue weighted by molar-refractivity contribution is 5.85. The predicted octanol–water partition coefficient (Wildman–Crippen LogP) is 4.07. The standard InChI is InChI=1S/C22H29FN2O3.2ClH/c1-26-21-9-4-7-18(16-24-10-5-11-25-12-14-27-15-13-25)22(21)28-17-19-6-2-3-8-20(19)23;;/h2-4,6-9,24H,5,10-17H2,1H3;2*1H.